The van der Waals surface area contributed by atoms with Crippen LogP contribution in [0.3, 0.4) is 0 Å². The Bertz CT molecular complexity index is 869. The molecule has 3 aromatic rings. The van der Waals surface area contributed by atoms with E-state index in [0.717, 1.165) is 13.8 Å². The van der Waals surface area contributed by atoms with Crippen LogP contribution in [-0.2, 0) is 6.54 Å². The maximum Gasteiger partial charge on any atom is 0.217 e. The van der Waals surface area contributed by atoms with Crippen molar-refractivity contribution in [1.82, 2.24) is 9.55 Å². The van der Waals surface area contributed by atoms with Crippen molar-refractivity contribution in [2.24, 2.45) is 0 Å². The molecule has 0 amide bonds. The molecule has 2 aromatic carbocycles. The number of unbranched alkanes of at least 4 members (excludes halogenated alkanes) is 5. The topological polar surface area (TPSA) is 17.8 Å². The predicted molar refractivity (Wildman–Crippen MR) is 131 cm³/mol. The molecule has 0 radical (unpaired) electrons. The maximum atomic E-state index is 4.76. The number of nitrogens with zero attached hydrogens (tertiary/aromatic N) is 2. The molecule has 1 unspecified atom stereocenters. The van der Waals surface area contributed by atoms with Gasteiger partial charge in [0.25, 0.3) is 0 Å². The Hall–Kier alpha value is -2.29. The Morgan fingerprint density at radius 3 is 2.30 bits per heavy atom. The highest BCUT2D eigenvalue weighted by atomic mass is 15.0. The van der Waals surface area contributed by atoms with E-state index in [0.29, 0.717) is 11.7 Å². The predicted octanol–water partition coefficient (Wildman–Crippen LogP) is 6.22. The molecule has 0 N–H and O–H groups in total. The van der Waals surface area contributed by atoms with E-state index in [1.807, 2.05) is 6.20 Å². The summed E-state index contributed by atoms with van der Waals surface area (Å²) in [6, 6.07) is 20.0. The van der Waals surface area contributed by atoms with E-state index in [1.165, 1.54) is 60.9 Å². The molecule has 158 valence electrons. The van der Waals surface area contributed by atoms with Gasteiger partial charge in [0, 0.05) is 18.9 Å². The smallest absolute Gasteiger partial charge is 0.217 e. The first-order valence-electron chi connectivity index (χ1n) is 11.8. The van der Waals surface area contributed by atoms with Crippen molar-refractivity contribution in [2.45, 2.75) is 77.6 Å². The number of rotatable bonds is 12. The molecule has 0 saturated carbocycles. The second-order valence-corrected chi connectivity index (χ2v) is 8.80. The van der Waals surface area contributed by atoms with Crippen molar-refractivity contribution < 1.29 is 0 Å². The standard InChI is InChI=1S/C27H37BN2/c1-4-5-6-7-8-12-19-30-20-18-29-27(30)28-26(23-14-10-9-11-15-23)25-17-13-16-24(21-25)22(2)3/h9-11,13-18,20-22,26,28H,4-8,12,19H2,1-3H3. The maximum absolute atomic E-state index is 4.76. The molecule has 3 heteroatoms. The average Bonchev–Trinajstić information content (AvgIpc) is 3.22. The molecule has 0 spiro atoms. The minimum absolute atomic E-state index is 0.329. The Balaban J connectivity index is 1.75. The van der Waals surface area contributed by atoms with Gasteiger partial charge in [-0.15, -0.1) is 0 Å². The molecule has 30 heavy (non-hydrogen) atoms. The second kappa shape index (κ2) is 11.8. The van der Waals surface area contributed by atoms with Crippen LogP contribution < -0.4 is 5.72 Å². The molecule has 3 rings (SSSR count). The third-order valence-electron chi connectivity index (χ3n) is 6.12. The fourth-order valence-corrected chi connectivity index (χ4v) is 4.23. The Morgan fingerprint density at radius 1 is 0.833 bits per heavy atom. The van der Waals surface area contributed by atoms with Gasteiger partial charge in [-0.1, -0.05) is 107 Å². The van der Waals surface area contributed by atoms with Crippen LogP contribution in [0.5, 0.6) is 0 Å². The molecule has 1 heterocycles. The lowest BCUT2D eigenvalue weighted by Gasteiger charge is -2.19. The number of aromatic nitrogens is 2. The highest BCUT2D eigenvalue weighted by molar-refractivity contribution is 6.54. The van der Waals surface area contributed by atoms with Gasteiger partial charge in [0.15, 0.2) is 0 Å². The first kappa shape index (κ1) is 22.4. The van der Waals surface area contributed by atoms with Gasteiger partial charge in [0.05, 0.1) is 5.72 Å². The van der Waals surface area contributed by atoms with Crippen LogP contribution in [-0.4, -0.2) is 16.8 Å². The van der Waals surface area contributed by atoms with E-state index in [2.05, 4.69) is 86.1 Å². The van der Waals surface area contributed by atoms with Gasteiger partial charge in [-0.05, 0) is 34.8 Å². The summed E-state index contributed by atoms with van der Waals surface area (Å²) in [6.07, 6.45) is 12.1. The number of benzene rings is 2. The number of imidazole rings is 1. The van der Waals surface area contributed by atoms with Crippen LogP contribution in [0.4, 0.5) is 0 Å². The quantitative estimate of drug-likeness (QED) is 0.261. The van der Waals surface area contributed by atoms with Gasteiger partial charge in [-0.3, -0.25) is 4.98 Å². The summed E-state index contributed by atoms with van der Waals surface area (Å²) in [5.74, 6) is 0.867. The van der Waals surface area contributed by atoms with Crippen molar-refractivity contribution >= 4 is 13.0 Å². The summed E-state index contributed by atoms with van der Waals surface area (Å²) in [5.41, 5.74) is 5.37. The largest absolute Gasteiger partial charge is 0.343 e. The number of hydrogen-bond acceptors (Lipinski definition) is 1. The van der Waals surface area contributed by atoms with Gasteiger partial charge < -0.3 is 4.57 Å². The summed E-state index contributed by atoms with van der Waals surface area (Å²) in [4.78, 5) is 4.76. The van der Waals surface area contributed by atoms with Gasteiger partial charge in [0.1, 0.15) is 0 Å². The minimum atomic E-state index is 0.329. The zero-order chi connectivity index (χ0) is 21.2. The monoisotopic (exact) mass is 400 g/mol. The molecule has 0 aliphatic heterocycles. The molecule has 0 aliphatic carbocycles. The fraction of sp³-hybridized carbons (Fsp3) is 0.444. The van der Waals surface area contributed by atoms with Crippen LogP contribution in [0, 0.1) is 0 Å². The van der Waals surface area contributed by atoms with Crippen molar-refractivity contribution in [1.29, 1.82) is 0 Å². The van der Waals surface area contributed by atoms with E-state index in [1.54, 1.807) is 0 Å². The molecule has 2 nitrogen and oxygen atoms in total. The van der Waals surface area contributed by atoms with Gasteiger partial charge in [-0.25, -0.2) is 0 Å². The fourth-order valence-electron chi connectivity index (χ4n) is 4.23. The van der Waals surface area contributed by atoms with Crippen LogP contribution in [0.1, 0.15) is 87.7 Å². The van der Waals surface area contributed by atoms with Crippen molar-refractivity contribution in [3.05, 3.63) is 83.7 Å². The summed E-state index contributed by atoms with van der Waals surface area (Å²) >= 11 is 0. The van der Waals surface area contributed by atoms with E-state index in [-0.39, 0.29) is 0 Å². The molecule has 0 fully saturated rings. The van der Waals surface area contributed by atoms with Gasteiger partial charge >= 0.3 is 0 Å². The van der Waals surface area contributed by atoms with Gasteiger partial charge in [0.2, 0.25) is 7.28 Å². The van der Waals surface area contributed by atoms with Crippen molar-refractivity contribution in [3.8, 4) is 0 Å². The van der Waals surface area contributed by atoms with Gasteiger partial charge in [-0.2, -0.15) is 0 Å². The summed E-state index contributed by atoms with van der Waals surface area (Å²) in [5, 5.41) is 0. The first-order valence-corrected chi connectivity index (χ1v) is 11.8. The third kappa shape index (κ3) is 6.36. The summed E-state index contributed by atoms with van der Waals surface area (Å²) in [7, 11) is 0.939. The van der Waals surface area contributed by atoms with Crippen LogP contribution >= 0.6 is 0 Å². The summed E-state index contributed by atoms with van der Waals surface area (Å²) in [6.45, 7) is 7.89. The SMILES string of the molecule is CCCCCCCCn1ccnc1BC(c1ccccc1)c1cccc(C(C)C)c1. The Kier molecular flexibility index (Phi) is 8.80. The highest BCUT2D eigenvalue weighted by Crippen LogP contribution is 2.26. The summed E-state index contributed by atoms with van der Waals surface area (Å²) < 4.78 is 2.38. The zero-order valence-electron chi connectivity index (χ0n) is 19.1. The molecular weight excluding hydrogens is 363 g/mol. The molecular formula is C27H37BN2. The van der Waals surface area contributed by atoms with Crippen molar-refractivity contribution in [3.63, 3.8) is 0 Å². The third-order valence-corrected chi connectivity index (χ3v) is 6.12. The Morgan fingerprint density at radius 2 is 1.53 bits per heavy atom. The minimum Gasteiger partial charge on any atom is -0.343 e. The average molecular weight is 400 g/mol. The Labute approximate surface area is 184 Å². The number of hydrogen-bond donors (Lipinski definition) is 0. The van der Waals surface area contributed by atoms with Crippen LogP contribution in [0.25, 0.3) is 0 Å². The highest BCUT2D eigenvalue weighted by Gasteiger charge is 2.20. The first-order chi connectivity index (χ1) is 14.7. The van der Waals surface area contributed by atoms with E-state index in [9.17, 15) is 0 Å². The lowest BCUT2D eigenvalue weighted by atomic mass is 9.58. The molecule has 0 bridgehead atoms. The normalized spacial score (nSPS) is 12.3. The second-order valence-electron chi connectivity index (χ2n) is 8.80. The molecule has 1 atom stereocenters. The van der Waals surface area contributed by atoms with E-state index < -0.39 is 0 Å². The lowest BCUT2D eigenvalue weighted by molar-refractivity contribution is 0.563. The van der Waals surface area contributed by atoms with Crippen molar-refractivity contribution in [2.75, 3.05) is 0 Å². The number of aryl methyl sites for hydroxylation is 1. The van der Waals surface area contributed by atoms with E-state index in [4.69, 9.17) is 4.98 Å². The molecule has 0 saturated heterocycles. The van der Waals surface area contributed by atoms with Crippen LogP contribution in [0.15, 0.2) is 67.0 Å². The van der Waals surface area contributed by atoms with Crippen LogP contribution in [0.2, 0.25) is 0 Å². The molecule has 0 aliphatic rings. The molecule has 1 aromatic heterocycles. The lowest BCUT2D eigenvalue weighted by Crippen LogP contribution is -2.31. The van der Waals surface area contributed by atoms with E-state index >= 15 is 0 Å². The zero-order valence-corrected chi connectivity index (χ0v) is 19.1.